The van der Waals surface area contributed by atoms with Crippen molar-refractivity contribution in [3.63, 3.8) is 0 Å². The van der Waals surface area contributed by atoms with Gasteiger partial charge in [0.1, 0.15) is 6.10 Å². The van der Waals surface area contributed by atoms with Crippen LogP contribution in [-0.4, -0.2) is 35.1 Å². The summed E-state index contributed by atoms with van der Waals surface area (Å²) in [7, 11) is 0. The molecule has 0 aromatic heterocycles. The fourth-order valence-corrected chi connectivity index (χ4v) is 1.63. The lowest BCUT2D eigenvalue weighted by Gasteiger charge is -2.21. The third-order valence-corrected chi connectivity index (χ3v) is 2.30. The zero-order valence-corrected chi connectivity index (χ0v) is 7.84. The monoisotopic (exact) mass is 196 g/mol. The molecule has 0 aromatic rings. The molecule has 0 N–H and O–H groups in total. The number of rotatable bonds is 3. The Morgan fingerprint density at radius 1 is 1.31 bits per heavy atom. The zero-order valence-electron chi connectivity index (χ0n) is 7.84. The van der Waals surface area contributed by atoms with Crippen molar-refractivity contribution in [3.05, 3.63) is 0 Å². The minimum atomic E-state index is -0.00981. The van der Waals surface area contributed by atoms with E-state index in [1.807, 2.05) is 6.92 Å². The average Bonchev–Trinajstić information content (AvgIpc) is 2.06. The van der Waals surface area contributed by atoms with Gasteiger partial charge < -0.3 is 4.74 Å². The Kier molecular flexibility index (Phi) is 7.76. The Morgan fingerprint density at radius 2 is 1.92 bits per heavy atom. The molecule has 0 bridgehead atoms. The van der Waals surface area contributed by atoms with E-state index < -0.39 is 0 Å². The molecule has 1 aliphatic carbocycles. The number of hydrogen-bond donors (Lipinski definition) is 0. The van der Waals surface area contributed by atoms with Crippen molar-refractivity contribution in [2.45, 2.75) is 58.0 Å². The van der Waals surface area contributed by atoms with E-state index in [1.165, 1.54) is 19.3 Å². The van der Waals surface area contributed by atoms with Crippen molar-refractivity contribution in [3.8, 4) is 0 Å². The molecule has 0 amide bonds. The van der Waals surface area contributed by atoms with Gasteiger partial charge in [0.05, 0.1) is 0 Å². The second-order valence-corrected chi connectivity index (χ2v) is 3.50. The summed E-state index contributed by atoms with van der Waals surface area (Å²) in [5, 5.41) is 0. The zero-order chi connectivity index (χ0) is 8.81. The van der Waals surface area contributed by atoms with Crippen molar-refractivity contribution in [1.29, 1.82) is 0 Å². The van der Waals surface area contributed by atoms with E-state index in [2.05, 4.69) is 0 Å². The lowest BCUT2D eigenvalue weighted by Crippen LogP contribution is -2.20. The summed E-state index contributed by atoms with van der Waals surface area (Å²) in [6.07, 6.45) is 7.63. The summed E-state index contributed by atoms with van der Waals surface area (Å²) in [6.45, 7) is 2.00. The quantitative estimate of drug-likeness (QED) is 0.508. The normalized spacial score (nSPS) is 17.6. The number of carbonyl (C=O) groups excluding carboxylic acids is 1. The molecule has 13 heavy (non-hydrogen) atoms. The molecule has 3 heteroatoms. The number of hydrogen-bond acceptors (Lipinski definition) is 2. The fraction of sp³-hybridized carbons (Fsp3) is 0.900. The Morgan fingerprint density at radius 3 is 2.46 bits per heavy atom. The molecule has 0 heterocycles. The Labute approximate surface area is 96.6 Å². The molecule has 1 fully saturated rings. The van der Waals surface area contributed by atoms with E-state index in [1.54, 1.807) is 0 Å². The topological polar surface area (TPSA) is 26.3 Å². The fourth-order valence-electron chi connectivity index (χ4n) is 1.63. The maximum atomic E-state index is 11.1. The maximum absolute atomic E-state index is 11.1. The Hall–Kier alpha value is 0.236. The van der Waals surface area contributed by atoms with Crippen molar-refractivity contribution in [1.82, 2.24) is 0 Å². The molecule has 1 saturated carbocycles. The summed E-state index contributed by atoms with van der Waals surface area (Å²) in [4.78, 5) is 11.1. The van der Waals surface area contributed by atoms with E-state index in [9.17, 15) is 4.79 Å². The van der Waals surface area contributed by atoms with Gasteiger partial charge in [0.15, 0.2) is 0 Å². The molecule has 0 saturated heterocycles. The minimum absolute atomic E-state index is 0. The largest absolute Gasteiger partial charge is 0.462 e. The summed E-state index contributed by atoms with van der Waals surface area (Å²) >= 11 is 0. The van der Waals surface area contributed by atoms with Crippen LogP contribution in [0.2, 0.25) is 0 Å². The van der Waals surface area contributed by atoms with Crippen molar-refractivity contribution in [2.75, 3.05) is 0 Å². The molecule has 0 atom stereocenters. The second-order valence-electron chi connectivity index (χ2n) is 3.50. The first-order valence-electron chi connectivity index (χ1n) is 5.02. The van der Waals surface area contributed by atoms with Gasteiger partial charge in [-0.2, -0.15) is 0 Å². The van der Waals surface area contributed by atoms with Gasteiger partial charge in [-0.15, -0.1) is 0 Å². The summed E-state index contributed by atoms with van der Waals surface area (Å²) in [5.74, 6) is -0.00981. The molecule has 0 radical (unpaired) electrons. The third kappa shape index (κ3) is 5.52. The number of esters is 1. The van der Waals surface area contributed by atoms with Crippen molar-refractivity contribution in [2.24, 2.45) is 0 Å². The highest BCUT2D eigenvalue weighted by Crippen LogP contribution is 2.20. The highest BCUT2D eigenvalue weighted by atomic mass is 24.3. The van der Waals surface area contributed by atoms with Crippen molar-refractivity contribution >= 4 is 29.0 Å². The highest BCUT2D eigenvalue weighted by Gasteiger charge is 2.16. The first-order valence-corrected chi connectivity index (χ1v) is 5.02. The predicted octanol–water partition coefficient (Wildman–Crippen LogP) is 1.75. The van der Waals surface area contributed by atoms with Gasteiger partial charge in [0.2, 0.25) is 0 Å². The minimum Gasteiger partial charge on any atom is -0.462 e. The van der Waals surface area contributed by atoms with Crippen LogP contribution in [0.3, 0.4) is 0 Å². The van der Waals surface area contributed by atoms with Crippen LogP contribution in [0.5, 0.6) is 0 Å². The van der Waals surface area contributed by atoms with Gasteiger partial charge in [-0.25, -0.2) is 0 Å². The van der Waals surface area contributed by atoms with Crippen molar-refractivity contribution < 1.29 is 9.53 Å². The van der Waals surface area contributed by atoms with Crippen LogP contribution >= 0.6 is 0 Å². The second kappa shape index (κ2) is 7.62. The lowest BCUT2D eigenvalue weighted by atomic mass is 9.98. The summed E-state index contributed by atoms with van der Waals surface area (Å²) in [6, 6.07) is 0. The van der Waals surface area contributed by atoms with Crippen LogP contribution in [0.15, 0.2) is 0 Å². The predicted molar refractivity (Wildman–Crippen MR) is 56.4 cm³/mol. The molecule has 74 valence electrons. The van der Waals surface area contributed by atoms with Gasteiger partial charge in [-0.05, 0) is 32.1 Å². The molecular formula is C10H20MgO2. The molecule has 2 nitrogen and oxygen atoms in total. The van der Waals surface area contributed by atoms with E-state index in [0.29, 0.717) is 6.42 Å². The smallest absolute Gasteiger partial charge is 0.316 e. The van der Waals surface area contributed by atoms with Crippen LogP contribution in [0.1, 0.15) is 51.9 Å². The van der Waals surface area contributed by atoms with Gasteiger partial charge >= 0.3 is 29.0 Å². The van der Waals surface area contributed by atoms with E-state index >= 15 is 0 Å². The third-order valence-electron chi connectivity index (χ3n) is 2.30. The molecule has 0 aliphatic heterocycles. The van der Waals surface area contributed by atoms with Gasteiger partial charge in [-0.1, -0.05) is 13.3 Å². The van der Waals surface area contributed by atoms with Crippen LogP contribution in [-0.2, 0) is 9.53 Å². The first-order chi connectivity index (χ1) is 5.83. The SMILES string of the molecule is CCCC(=O)OC1CCCCC1.[MgH2]. The first kappa shape index (κ1) is 13.2. The van der Waals surface area contributed by atoms with Crippen LogP contribution < -0.4 is 0 Å². The van der Waals surface area contributed by atoms with Crippen LogP contribution in [0, 0.1) is 0 Å². The Bertz CT molecular complexity index is 142. The molecule has 0 unspecified atom stereocenters. The molecule has 0 spiro atoms. The molecule has 1 rings (SSSR count). The van der Waals surface area contributed by atoms with Gasteiger partial charge in [-0.3, -0.25) is 4.79 Å². The summed E-state index contributed by atoms with van der Waals surface area (Å²) in [5.41, 5.74) is 0. The van der Waals surface area contributed by atoms with Gasteiger partial charge in [0.25, 0.3) is 0 Å². The van der Waals surface area contributed by atoms with Crippen LogP contribution in [0.25, 0.3) is 0 Å². The number of carbonyl (C=O) groups is 1. The van der Waals surface area contributed by atoms with Crippen LogP contribution in [0.4, 0.5) is 0 Å². The lowest BCUT2D eigenvalue weighted by molar-refractivity contribution is -0.150. The molecular weight excluding hydrogens is 176 g/mol. The summed E-state index contributed by atoms with van der Waals surface area (Å²) < 4.78 is 5.29. The van der Waals surface area contributed by atoms with E-state index in [4.69, 9.17) is 4.74 Å². The molecule has 1 aliphatic rings. The Balaban J connectivity index is 0.00000144. The standard InChI is InChI=1S/C10H18O2.Mg.2H/c1-2-6-10(11)12-9-7-4-3-5-8-9;;;/h9H,2-8H2,1H3;;;. The van der Waals surface area contributed by atoms with Gasteiger partial charge in [0, 0.05) is 6.42 Å². The highest BCUT2D eigenvalue weighted by molar-refractivity contribution is 5.75. The molecule has 0 aromatic carbocycles. The average molecular weight is 197 g/mol. The van der Waals surface area contributed by atoms with E-state index in [-0.39, 0.29) is 35.1 Å². The van der Waals surface area contributed by atoms with E-state index in [0.717, 1.165) is 19.3 Å². The number of ether oxygens (including phenoxy) is 1. The maximum Gasteiger partial charge on any atom is 0.316 e.